The standard InChI is InChI=1S/C29H23FN2O4/c1-16(33)26-25(27(34)17-7-11-20(36-2)12-8-17)29(21-5-3-4-6-22(21)31-28(29)35)24-14-9-18-15-19(30)10-13-23(18)32(24)26/h3-15,24-26H,1-2H3,(H,31,35)/t24-,25-,26-,29-/m0/s1. The minimum absolute atomic E-state index is 0.244. The number of fused-ring (bicyclic) bond motifs is 6. The molecule has 3 aromatic rings. The van der Waals surface area contributed by atoms with E-state index in [2.05, 4.69) is 5.32 Å². The molecule has 7 heteroatoms. The van der Waals surface area contributed by atoms with Crippen LogP contribution in [-0.2, 0) is 15.0 Å². The summed E-state index contributed by atoms with van der Waals surface area (Å²) in [6.45, 7) is 1.44. The van der Waals surface area contributed by atoms with E-state index in [1.165, 1.54) is 19.1 Å². The van der Waals surface area contributed by atoms with Crippen LogP contribution in [0.2, 0.25) is 0 Å². The topological polar surface area (TPSA) is 75.7 Å². The average Bonchev–Trinajstić information content (AvgIpc) is 3.36. The summed E-state index contributed by atoms with van der Waals surface area (Å²) >= 11 is 0. The van der Waals surface area contributed by atoms with Gasteiger partial charge in [-0.05, 0) is 61.0 Å². The van der Waals surface area contributed by atoms with Crippen LogP contribution in [0.5, 0.6) is 5.75 Å². The summed E-state index contributed by atoms with van der Waals surface area (Å²) in [7, 11) is 1.54. The highest BCUT2D eigenvalue weighted by Crippen LogP contribution is 2.57. The molecule has 3 aliphatic rings. The highest BCUT2D eigenvalue weighted by Gasteiger charge is 2.69. The number of nitrogens with zero attached hydrogens (tertiary/aromatic N) is 1. The summed E-state index contributed by atoms with van der Waals surface area (Å²) in [6.07, 6.45) is 3.59. The molecule has 1 saturated heterocycles. The molecular formula is C29H23FN2O4. The van der Waals surface area contributed by atoms with Crippen molar-refractivity contribution in [1.82, 2.24) is 0 Å². The first kappa shape index (κ1) is 22.2. The molecule has 3 heterocycles. The van der Waals surface area contributed by atoms with Crippen molar-refractivity contribution in [2.45, 2.75) is 24.4 Å². The van der Waals surface area contributed by atoms with E-state index in [-0.39, 0.29) is 17.5 Å². The van der Waals surface area contributed by atoms with Gasteiger partial charge in [-0.25, -0.2) is 4.39 Å². The Labute approximate surface area is 207 Å². The van der Waals surface area contributed by atoms with Crippen LogP contribution in [0.4, 0.5) is 15.8 Å². The molecule has 6 nitrogen and oxygen atoms in total. The molecule has 1 fully saturated rings. The summed E-state index contributed by atoms with van der Waals surface area (Å²) < 4.78 is 19.3. The zero-order valence-corrected chi connectivity index (χ0v) is 19.7. The van der Waals surface area contributed by atoms with Crippen molar-refractivity contribution in [3.63, 3.8) is 0 Å². The van der Waals surface area contributed by atoms with Gasteiger partial charge in [-0.3, -0.25) is 14.4 Å². The number of ether oxygens (including phenoxy) is 1. The first-order chi connectivity index (χ1) is 17.4. The molecule has 1 amide bonds. The van der Waals surface area contributed by atoms with Crippen LogP contribution in [0, 0.1) is 11.7 Å². The van der Waals surface area contributed by atoms with Crippen molar-refractivity contribution in [2.75, 3.05) is 17.3 Å². The number of carbonyl (C=O) groups is 3. The van der Waals surface area contributed by atoms with Crippen LogP contribution in [0.3, 0.4) is 0 Å². The summed E-state index contributed by atoms with van der Waals surface area (Å²) in [4.78, 5) is 43.5. The Hall–Kier alpha value is -4.26. The Morgan fingerprint density at radius 1 is 1.06 bits per heavy atom. The number of anilines is 2. The molecule has 0 saturated carbocycles. The summed E-state index contributed by atoms with van der Waals surface area (Å²) in [6, 6.07) is 16.8. The van der Waals surface area contributed by atoms with E-state index in [1.807, 2.05) is 29.2 Å². The van der Waals surface area contributed by atoms with E-state index in [9.17, 15) is 18.8 Å². The Kier molecular flexibility index (Phi) is 4.86. The van der Waals surface area contributed by atoms with Gasteiger partial charge in [0.05, 0.1) is 25.1 Å². The highest BCUT2D eigenvalue weighted by atomic mass is 19.1. The number of nitrogens with one attached hydrogen (secondary N) is 1. The summed E-state index contributed by atoms with van der Waals surface area (Å²) in [5, 5.41) is 2.97. The van der Waals surface area contributed by atoms with Gasteiger partial charge in [0.25, 0.3) is 0 Å². The third-order valence-corrected chi connectivity index (χ3v) is 7.67. The zero-order valence-electron chi connectivity index (χ0n) is 19.7. The second kappa shape index (κ2) is 7.88. The van der Waals surface area contributed by atoms with E-state index >= 15 is 0 Å². The smallest absolute Gasteiger partial charge is 0.238 e. The highest BCUT2D eigenvalue weighted by molar-refractivity contribution is 6.16. The molecular weight excluding hydrogens is 459 g/mol. The fourth-order valence-electron chi connectivity index (χ4n) is 6.24. The Bertz CT molecular complexity index is 1460. The number of para-hydroxylation sites is 1. The molecule has 1 spiro atoms. The molecule has 6 rings (SSSR count). The first-order valence-corrected chi connectivity index (χ1v) is 11.7. The van der Waals surface area contributed by atoms with E-state index in [4.69, 9.17) is 4.74 Å². The fraction of sp³-hybridized carbons (Fsp3) is 0.207. The molecule has 0 bridgehead atoms. The molecule has 3 aromatic carbocycles. The summed E-state index contributed by atoms with van der Waals surface area (Å²) in [5.41, 5.74) is 1.54. The minimum Gasteiger partial charge on any atom is -0.497 e. The van der Waals surface area contributed by atoms with Gasteiger partial charge in [0, 0.05) is 22.5 Å². The van der Waals surface area contributed by atoms with Crippen molar-refractivity contribution in [1.29, 1.82) is 0 Å². The number of halogens is 1. The van der Waals surface area contributed by atoms with Crippen LogP contribution in [0.15, 0.2) is 72.8 Å². The normalized spacial score (nSPS) is 25.2. The monoisotopic (exact) mass is 482 g/mol. The van der Waals surface area contributed by atoms with Gasteiger partial charge in [0.1, 0.15) is 17.0 Å². The van der Waals surface area contributed by atoms with Crippen LogP contribution < -0.4 is 15.0 Å². The Morgan fingerprint density at radius 2 is 1.81 bits per heavy atom. The Morgan fingerprint density at radius 3 is 2.53 bits per heavy atom. The SMILES string of the molecule is COc1ccc(C(=O)[C@@H]2[C@H](C(C)=O)N3c4ccc(F)cc4C=C[C@H]3[C@]23C(=O)Nc2ccccc23)cc1. The maximum absolute atomic E-state index is 14.3. The lowest BCUT2D eigenvalue weighted by atomic mass is 9.64. The van der Waals surface area contributed by atoms with Crippen LogP contribution in [0.1, 0.15) is 28.4 Å². The van der Waals surface area contributed by atoms with E-state index in [1.54, 1.807) is 49.6 Å². The van der Waals surface area contributed by atoms with Gasteiger partial charge in [0.15, 0.2) is 11.6 Å². The quantitative estimate of drug-likeness (QED) is 0.558. The van der Waals surface area contributed by atoms with Gasteiger partial charge >= 0.3 is 0 Å². The second-order valence-electron chi connectivity index (χ2n) is 9.41. The van der Waals surface area contributed by atoms with Gasteiger partial charge in [-0.15, -0.1) is 0 Å². The number of amides is 1. The number of methoxy groups -OCH3 is 1. The van der Waals surface area contributed by atoms with E-state index in [0.717, 1.165) is 0 Å². The third-order valence-electron chi connectivity index (χ3n) is 7.67. The van der Waals surface area contributed by atoms with Crippen molar-refractivity contribution in [3.8, 4) is 5.75 Å². The number of hydrogen-bond donors (Lipinski definition) is 1. The predicted octanol–water partition coefficient (Wildman–Crippen LogP) is 4.40. The average molecular weight is 483 g/mol. The molecule has 180 valence electrons. The van der Waals surface area contributed by atoms with Crippen molar-refractivity contribution in [3.05, 3.63) is 95.3 Å². The van der Waals surface area contributed by atoms with Gasteiger partial charge in [0.2, 0.25) is 5.91 Å². The number of hydrogen-bond acceptors (Lipinski definition) is 5. The number of rotatable bonds is 4. The van der Waals surface area contributed by atoms with Gasteiger partial charge in [-0.2, -0.15) is 0 Å². The molecule has 0 aromatic heterocycles. The lowest BCUT2D eigenvalue weighted by molar-refractivity contribution is -0.122. The van der Waals surface area contributed by atoms with Crippen LogP contribution >= 0.6 is 0 Å². The zero-order chi connectivity index (χ0) is 25.2. The summed E-state index contributed by atoms with van der Waals surface area (Å²) in [5.74, 6) is -1.71. The van der Waals surface area contributed by atoms with Gasteiger partial charge < -0.3 is 15.0 Å². The third kappa shape index (κ3) is 2.86. The lowest BCUT2D eigenvalue weighted by Gasteiger charge is -2.37. The predicted molar refractivity (Wildman–Crippen MR) is 134 cm³/mol. The fourth-order valence-corrected chi connectivity index (χ4v) is 6.24. The molecule has 1 N–H and O–H groups in total. The molecule has 0 radical (unpaired) electrons. The van der Waals surface area contributed by atoms with Crippen molar-refractivity contribution >= 4 is 34.9 Å². The van der Waals surface area contributed by atoms with Crippen molar-refractivity contribution < 1.29 is 23.5 Å². The number of ketones is 2. The number of benzene rings is 3. The maximum Gasteiger partial charge on any atom is 0.238 e. The second-order valence-corrected chi connectivity index (χ2v) is 9.41. The molecule has 4 atom stereocenters. The van der Waals surface area contributed by atoms with Crippen LogP contribution in [-0.4, -0.2) is 36.7 Å². The number of carbonyl (C=O) groups excluding carboxylic acids is 3. The maximum atomic E-state index is 14.3. The van der Waals surface area contributed by atoms with E-state index < -0.39 is 29.2 Å². The van der Waals surface area contributed by atoms with E-state index in [0.29, 0.717) is 33.8 Å². The van der Waals surface area contributed by atoms with Crippen LogP contribution in [0.25, 0.3) is 6.08 Å². The molecule has 3 aliphatic heterocycles. The largest absolute Gasteiger partial charge is 0.497 e. The first-order valence-electron chi connectivity index (χ1n) is 11.7. The lowest BCUT2D eigenvalue weighted by Crippen LogP contribution is -2.51. The molecule has 0 unspecified atom stereocenters. The number of Topliss-reactive ketones (excluding diaryl/α,β-unsaturated/α-hetero) is 2. The minimum atomic E-state index is -1.35. The van der Waals surface area contributed by atoms with Gasteiger partial charge in [-0.1, -0.05) is 30.4 Å². The molecule has 0 aliphatic carbocycles. The van der Waals surface area contributed by atoms with Crippen molar-refractivity contribution in [2.24, 2.45) is 5.92 Å². The Balaban J connectivity index is 1.63. The molecule has 36 heavy (non-hydrogen) atoms.